The van der Waals surface area contributed by atoms with Gasteiger partial charge in [0.1, 0.15) is 5.75 Å². The molecular weight excluding hydrogens is 273 g/mol. The first-order valence-corrected chi connectivity index (χ1v) is 5.96. The molecule has 0 fully saturated rings. The van der Waals surface area contributed by atoms with Gasteiger partial charge in [-0.1, -0.05) is 23.2 Å². The van der Waals surface area contributed by atoms with E-state index in [2.05, 4.69) is 15.5 Å². The Morgan fingerprint density at radius 3 is 2.56 bits per heavy atom. The number of methoxy groups -OCH3 is 1. The van der Waals surface area contributed by atoms with E-state index in [1.54, 1.807) is 13.2 Å². The van der Waals surface area contributed by atoms with Gasteiger partial charge < -0.3 is 10.1 Å². The number of aryl methyl sites for hydroxylation is 1. The van der Waals surface area contributed by atoms with E-state index in [0.29, 0.717) is 5.69 Å². The Bertz CT molecular complexity index is 575. The van der Waals surface area contributed by atoms with Crippen molar-refractivity contribution in [1.29, 1.82) is 0 Å². The van der Waals surface area contributed by atoms with Crippen LogP contribution in [-0.2, 0) is 0 Å². The fourth-order valence-corrected chi connectivity index (χ4v) is 1.78. The standard InChI is InChI=1S/C12H11Cl2N3O/c1-7-5-8(18-2)3-4-9(7)15-10-6-11(13)16-17-12(10)14/h3-6H,1-2H3,(H,15,16). The third kappa shape index (κ3) is 2.83. The first-order valence-electron chi connectivity index (χ1n) is 5.20. The number of rotatable bonds is 3. The monoisotopic (exact) mass is 283 g/mol. The number of ether oxygens (including phenoxy) is 1. The van der Waals surface area contributed by atoms with E-state index in [1.165, 1.54) is 0 Å². The summed E-state index contributed by atoms with van der Waals surface area (Å²) in [6.07, 6.45) is 0. The van der Waals surface area contributed by atoms with E-state index in [9.17, 15) is 0 Å². The first kappa shape index (κ1) is 12.9. The highest BCUT2D eigenvalue weighted by Gasteiger charge is 2.06. The van der Waals surface area contributed by atoms with Crippen LogP contribution in [0, 0.1) is 6.92 Å². The molecule has 0 unspecified atom stereocenters. The second kappa shape index (κ2) is 5.42. The summed E-state index contributed by atoms with van der Waals surface area (Å²) in [6.45, 7) is 1.97. The van der Waals surface area contributed by atoms with Crippen LogP contribution >= 0.6 is 23.2 Å². The highest BCUT2D eigenvalue weighted by atomic mass is 35.5. The van der Waals surface area contributed by atoms with Gasteiger partial charge in [0, 0.05) is 11.8 Å². The maximum Gasteiger partial charge on any atom is 0.175 e. The van der Waals surface area contributed by atoms with Crippen LogP contribution < -0.4 is 10.1 Å². The van der Waals surface area contributed by atoms with Crippen molar-refractivity contribution in [3.63, 3.8) is 0 Å². The zero-order valence-corrected chi connectivity index (χ0v) is 11.4. The SMILES string of the molecule is COc1ccc(Nc2cc(Cl)nnc2Cl)c(C)c1. The maximum absolute atomic E-state index is 5.94. The number of hydrogen-bond acceptors (Lipinski definition) is 4. The summed E-state index contributed by atoms with van der Waals surface area (Å²) < 4.78 is 5.15. The van der Waals surface area contributed by atoms with Crippen LogP contribution in [0.1, 0.15) is 5.56 Å². The molecule has 0 saturated heterocycles. The lowest BCUT2D eigenvalue weighted by Crippen LogP contribution is -1.97. The summed E-state index contributed by atoms with van der Waals surface area (Å²) >= 11 is 11.7. The average molecular weight is 284 g/mol. The van der Waals surface area contributed by atoms with Crippen molar-refractivity contribution in [2.45, 2.75) is 6.92 Å². The van der Waals surface area contributed by atoms with E-state index in [1.807, 2.05) is 25.1 Å². The van der Waals surface area contributed by atoms with E-state index >= 15 is 0 Å². The fourth-order valence-electron chi connectivity index (χ4n) is 1.49. The summed E-state index contributed by atoms with van der Waals surface area (Å²) in [7, 11) is 1.63. The van der Waals surface area contributed by atoms with Crippen LogP contribution in [0.3, 0.4) is 0 Å². The molecule has 0 saturated carbocycles. The lowest BCUT2D eigenvalue weighted by molar-refractivity contribution is 0.414. The fraction of sp³-hybridized carbons (Fsp3) is 0.167. The molecule has 1 aromatic carbocycles. The molecule has 2 aromatic rings. The molecule has 0 aliphatic rings. The Hall–Kier alpha value is -1.52. The van der Waals surface area contributed by atoms with Gasteiger partial charge in [0.15, 0.2) is 10.3 Å². The molecule has 18 heavy (non-hydrogen) atoms. The summed E-state index contributed by atoms with van der Waals surface area (Å²) in [5.74, 6) is 0.801. The predicted molar refractivity (Wildman–Crippen MR) is 73.1 cm³/mol. The van der Waals surface area contributed by atoms with Crippen LogP contribution in [0.15, 0.2) is 24.3 Å². The van der Waals surface area contributed by atoms with Gasteiger partial charge in [-0.3, -0.25) is 0 Å². The predicted octanol–water partition coefficient (Wildman–Crippen LogP) is 3.84. The molecule has 0 aliphatic heterocycles. The number of anilines is 2. The van der Waals surface area contributed by atoms with E-state index in [-0.39, 0.29) is 10.3 Å². The molecule has 1 N–H and O–H groups in total. The van der Waals surface area contributed by atoms with Gasteiger partial charge in [0.25, 0.3) is 0 Å². The molecule has 0 spiro atoms. The number of aromatic nitrogens is 2. The van der Waals surface area contributed by atoms with Crippen molar-refractivity contribution in [3.8, 4) is 5.75 Å². The molecule has 0 atom stereocenters. The van der Waals surface area contributed by atoms with Gasteiger partial charge in [0.05, 0.1) is 12.8 Å². The molecular formula is C12H11Cl2N3O. The Labute approximate surface area is 115 Å². The van der Waals surface area contributed by atoms with Gasteiger partial charge in [-0.25, -0.2) is 0 Å². The van der Waals surface area contributed by atoms with Crippen molar-refractivity contribution in [2.24, 2.45) is 0 Å². The Kier molecular flexibility index (Phi) is 3.89. The summed E-state index contributed by atoms with van der Waals surface area (Å²) in [6, 6.07) is 7.31. The highest BCUT2D eigenvalue weighted by Crippen LogP contribution is 2.28. The van der Waals surface area contributed by atoms with Crippen LogP contribution in [0.2, 0.25) is 10.3 Å². The third-order valence-electron chi connectivity index (χ3n) is 2.42. The molecule has 2 rings (SSSR count). The third-order valence-corrected chi connectivity index (χ3v) is 2.89. The van der Waals surface area contributed by atoms with Gasteiger partial charge in [-0.05, 0) is 30.7 Å². The smallest absolute Gasteiger partial charge is 0.175 e. The lowest BCUT2D eigenvalue weighted by Gasteiger charge is -2.11. The second-order valence-corrected chi connectivity index (χ2v) is 4.42. The second-order valence-electron chi connectivity index (χ2n) is 3.68. The Balaban J connectivity index is 2.31. The minimum atomic E-state index is 0.273. The molecule has 1 heterocycles. The van der Waals surface area contributed by atoms with Crippen molar-refractivity contribution in [3.05, 3.63) is 40.1 Å². The molecule has 0 amide bonds. The van der Waals surface area contributed by atoms with Gasteiger partial charge in [0.2, 0.25) is 0 Å². The normalized spacial score (nSPS) is 10.2. The minimum absolute atomic E-state index is 0.273. The number of hydrogen-bond donors (Lipinski definition) is 1. The van der Waals surface area contributed by atoms with E-state index < -0.39 is 0 Å². The molecule has 4 nitrogen and oxygen atoms in total. The molecule has 1 aromatic heterocycles. The van der Waals surface area contributed by atoms with Crippen LogP contribution in [-0.4, -0.2) is 17.3 Å². The van der Waals surface area contributed by atoms with Crippen molar-refractivity contribution in [2.75, 3.05) is 12.4 Å². The van der Waals surface area contributed by atoms with E-state index in [0.717, 1.165) is 17.0 Å². The number of benzene rings is 1. The zero-order valence-electron chi connectivity index (χ0n) is 9.87. The van der Waals surface area contributed by atoms with Gasteiger partial charge in [-0.2, -0.15) is 0 Å². The topological polar surface area (TPSA) is 47.0 Å². The summed E-state index contributed by atoms with van der Waals surface area (Å²) in [5.41, 5.74) is 2.55. The average Bonchev–Trinajstić information content (AvgIpc) is 2.36. The molecule has 0 radical (unpaired) electrons. The Morgan fingerprint density at radius 2 is 1.89 bits per heavy atom. The molecule has 94 valence electrons. The summed E-state index contributed by atoms with van der Waals surface area (Å²) in [5, 5.41) is 11.1. The number of halogens is 2. The summed E-state index contributed by atoms with van der Waals surface area (Å²) in [4.78, 5) is 0. The van der Waals surface area contributed by atoms with Crippen LogP contribution in [0.5, 0.6) is 5.75 Å². The maximum atomic E-state index is 5.94. The van der Waals surface area contributed by atoms with Crippen LogP contribution in [0.4, 0.5) is 11.4 Å². The minimum Gasteiger partial charge on any atom is -0.497 e. The quantitative estimate of drug-likeness (QED) is 0.930. The van der Waals surface area contributed by atoms with Crippen molar-refractivity contribution in [1.82, 2.24) is 10.2 Å². The van der Waals surface area contributed by atoms with Crippen LogP contribution in [0.25, 0.3) is 0 Å². The van der Waals surface area contributed by atoms with E-state index in [4.69, 9.17) is 27.9 Å². The number of nitrogens with one attached hydrogen (secondary N) is 1. The molecule has 0 aliphatic carbocycles. The highest BCUT2D eigenvalue weighted by molar-refractivity contribution is 6.33. The molecule has 0 bridgehead atoms. The largest absolute Gasteiger partial charge is 0.497 e. The zero-order chi connectivity index (χ0) is 13.1. The Morgan fingerprint density at radius 1 is 1.11 bits per heavy atom. The lowest BCUT2D eigenvalue weighted by atomic mass is 10.2. The number of nitrogens with zero attached hydrogens (tertiary/aromatic N) is 2. The van der Waals surface area contributed by atoms with Gasteiger partial charge in [-0.15, -0.1) is 10.2 Å². The first-order chi connectivity index (χ1) is 8.60. The molecule has 6 heteroatoms. The van der Waals surface area contributed by atoms with Crippen molar-refractivity contribution >= 4 is 34.6 Å². The van der Waals surface area contributed by atoms with Crippen molar-refractivity contribution < 1.29 is 4.74 Å². The van der Waals surface area contributed by atoms with Gasteiger partial charge >= 0.3 is 0 Å².